The van der Waals surface area contributed by atoms with Gasteiger partial charge in [0.15, 0.2) is 0 Å². The number of benzene rings is 1. The zero-order chi connectivity index (χ0) is 28.8. The lowest BCUT2D eigenvalue weighted by atomic mass is 10.0. The van der Waals surface area contributed by atoms with Crippen LogP contribution in [0.3, 0.4) is 0 Å². The summed E-state index contributed by atoms with van der Waals surface area (Å²) in [5.74, 6) is 0.325. The van der Waals surface area contributed by atoms with Crippen LogP contribution in [0.15, 0.2) is 34.0 Å². The molecule has 1 aromatic carbocycles. The second kappa shape index (κ2) is 13.5. The number of thioether (sulfide) groups is 1. The van der Waals surface area contributed by atoms with Crippen LogP contribution in [0, 0.1) is 24.1 Å². The highest BCUT2D eigenvalue weighted by molar-refractivity contribution is 8.26. The first-order valence-corrected chi connectivity index (χ1v) is 15.2. The van der Waals surface area contributed by atoms with Crippen LogP contribution < -0.4 is 15.4 Å². The van der Waals surface area contributed by atoms with Crippen molar-refractivity contribution in [1.29, 1.82) is 5.26 Å². The van der Waals surface area contributed by atoms with Crippen molar-refractivity contribution in [2.45, 2.75) is 59.4 Å². The van der Waals surface area contributed by atoms with E-state index in [2.05, 4.69) is 22.8 Å². The molecule has 3 heterocycles. The fraction of sp³-hybridized carbons (Fsp3) is 0.467. The minimum Gasteiger partial charge on any atom is -0.368 e. The van der Waals surface area contributed by atoms with Crippen molar-refractivity contribution in [2.75, 3.05) is 42.5 Å². The van der Waals surface area contributed by atoms with Crippen molar-refractivity contribution in [3.05, 3.63) is 62.0 Å². The van der Waals surface area contributed by atoms with E-state index in [9.17, 15) is 19.2 Å². The molecule has 2 saturated heterocycles. The summed E-state index contributed by atoms with van der Waals surface area (Å²) < 4.78 is 15.6. The molecule has 2 aliphatic heterocycles. The Morgan fingerprint density at radius 1 is 1.02 bits per heavy atom. The van der Waals surface area contributed by atoms with Gasteiger partial charge in [-0.2, -0.15) is 5.26 Å². The SMILES string of the molecule is CCCCCCCN1C(=O)/C(=C\c2c(C)c(C#N)c(=O)n(CC)c2N2CCN(c3ccc(F)cc3)CC2)SC1=S. The van der Waals surface area contributed by atoms with Gasteiger partial charge in [0.1, 0.15) is 27.6 Å². The van der Waals surface area contributed by atoms with Gasteiger partial charge < -0.3 is 9.80 Å². The molecular formula is C30H36FN5O2S2. The zero-order valence-electron chi connectivity index (χ0n) is 23.4. The van der Waals surface area contributed by atoms with Crippen LogP contribution in [0.2, 0.25) is 0 Å². The fourth-order valence-electron chi connectivity index (χ4n) is 5.30. The lowest BCUT2D eigenvalue weighted by Gasteiger charge is -2.39. The molecule has 1 aromatic heterocycles. The van der Waals surface area contributed by atoms with E-state index in [1.165, 1.54) is 30.3 Å². The molecule has 0 aliphatic carbocycles. The number of unbranched alkanes of at least 4 members (excludes halogenated alkanes) is 4. The summed E-state index contributed by atoms with van der Waals surface area (Å²) >= 11 is 6.85. The number of pyridine rings is 1. The molecule has 2 aromatic rings. The van der Waals surface area contributed by atoms with Gasteiger partial charge in [-0.1, -0.05) is 56.6 Å². The molecule has 40 heavy (non-hydrogen) atoms. The second-order valence-electron chi connectivity index (χ2n) is 10.1. The lowest BCUT2D eigenvalue weighted by Crippen LogP contribution is -2.48. The molecule has 4 rings (SSSR count). The van der Waals surface area contributed by atoms with Gasteiger partial charge in [0.25, 0.3) is 11.5 Å². The van der Waals surface area contributed by atoms with Gasteiger partial charge in [-0.05, 0) is 56.2 Å². The standard InChI is InChI=1S/C30H36FN5O2S2/c1-4-6-7-8-9-14-36-29(38)26(40-30(36)39)19-24-21(3)25(20-32)28(37)35(5-2)27(24)34-17-15-33(16-18-34)23-12-10-22(31)11-13-23/h10-13,19H,4-9,14-18H2,1-3H3/b26-19+. The Balaban J connectivity index is 1.65. The Bertz CT molecular complexity index is 1390. The van der Waals surface area contributed by atoms with Gasteiger partial charge in [-0.3, -0.25) is 19.1 Å². The van der Waals surface area contributed by atoms with Crippen molar-refractivity contribution < 1.29 is 9.18 Å². The van der Waals surface area contributed by atoms with Crippen LogP contribution in [-0.2, 0) is 11.3 Å². The summed E-state index contributed by atoms with van der Waals surface area (Å²) in [6.45, 7) is 9.44. The first kappa shape index (κ1) is 29.8. The van der Waals surface area contributed by atoms with Crippen LogP contribution in [0.25, 0.3) is 6.08 Å². The lowest BCUT2D eigenvalue weighted by molar-refractivity contribution is -0.122. The maximum Gasteiger partial charge on any atom is 0.270 e. The molecule has 0 atom stereocenters. The third-order valence-corrected chi connectivity index (χ3v) is 8.95. The number of rotatable bonds is 10. The van der Waals surface area contributed by atoms with Crippen LogP contribution in [0.5, 0.6) is 0 Å². The van der Waals surface area contributed by atoms with Gasteiger partial charge in [0, 0.05) is 50.5 Å². The number of carbonyl (C=O) groups excluding carboxylic acids is 1. The first-order valence-electron chi connectivity index (χ1n) is 14.0. The molecule has 212 valence electrons. The van der Waals surface area contributed by atoms with Gasteiger partial charge in [0.05, 0.1) is 4.91 Å². The van der Waals surface area contributed by atoms with Gasteiger partial charge in [0.2, 0.25) is 0 Å². The molecule has 10 heteroatoms. The van der Waals surface area contributed by atoms with Crippen LogP contribution in [0.4, 0.5) is 15.9 Å². The monoisotopic (exact) mass is 581 g/mol. The number of halogens is 1. The summed E-state index contributed by atoms with van der Waals surface area (Å²) in [7, 11) is 0. The van der Waals surface area contributed by atoms with E-state index in [0.717, 1.165) is 31.4 Å². The zero-order valence-corrected chi connectivity index (χ0v) is 25.0. The highest BCUT2D eigenvalue weighted by Crippen LogP contribution is 2.36. The molecule has 0 N–H and O–H groups in total. The van der Waals surface area contributed by atoms with Crippen LogP contribution >= 0.6 is 24.0 Å². The Hall–Kier alpha value is -3.16. The fourth-order valence-corrected chi connectivity index (χ4v) is 6.59. The van der Waals surface area contributed by atoms with Gasteiger partial charge >= 0.3 is 0 Å². The molecular weight excluding hydrogens is 545 g/mol. The Kier molecular flexibility index (Phi) is 10.0. The maximum atomic E-state index is 13.4. The maximum absolute atomic E-state index is 13.4. The third kappa shape index (κ3) is 6.26. The van der Waals surface area contributed by atoms with Crippen molar-refractivity contribution in [2.24, 2.45) is 0 Å². The normalized spacial score (nSPS) is 16.8. The molecule has 7 nitrogen and oxygen atoms in total. The summed E-state index contributed by atoms with van der Waals surface area (Å²) in [5, 5.41) is 9.85. The van der Waals surface area contributed by atoms with Crippen molar-refractivity contribution >= 4 is 51.8 Å². The molecule has 0 spiro atoms. The largest absolute Gasteiger partial charge is 0.368 e. The van der Waals surface area contributed by atoms with Crippen LogP contribution in [-0.4, -0.2) is 52.4 Å². The molecule has 2 fully saturated rings. The van der Waals surface area contributed by atoms with E-state index in [1.807, 2.05) is 13.0 Å². The number of anilines is 2. The number of nitrogens with zero attached hydrogens (tertiary/aromatic N) is 5. The number of hydrogen-bond donors (Lipinski definition) is 0. The van der Waals surface area contributed by atoms with Gasteiger partial charge in [-0.25, -0.2) is 4.39 Å². The Labute approximate surface area is 245 Å². The highest BCUT2D eigenvalue weighted by Gasteiger charge is 2.33. The summed E-state index contributed by atoms with van der Waals surface area (Å²) in [5.41, 5.74) is 1.99. The van der Waals surface area contributed by atoms with Crippen molar-refractivity contribution in [1.82, 2.24) is 9.47 Å². The summed E-state index contributed by atoms with van der Waals surface area (Å²) in [6.07, 6.45) is 7.28. The average molecular weight is 582 g/mol. The number of hydrogen-bond acceptors (Lipinski definition) is 7. The average Bonchev–Trinajstić information content (AvgIpc) is 3.22. The Morgan fingerprint density at radius 2 is 1.68 bits per heavy atom. The van der Waals surface area contributed by atoms with E-state index in [1.54, 1.807) is 28.5 Å². The van der Waals surface area contributed by atoms with E-state index >= 15 is 0 Å². The highest BCUT2D eigenvalue weighted by atomic mass is 32.2. The quantitative estimate of drug-likeness (QED) is 0.203. The van der Waals surface area contributed by atoms with E-state index in [-0.39, 0.29) is 22.8 Å². The summed E-state index contributed by atoms with van der Waals surface area (Å²) in [6, 6.07) is 8.56. The third-order valence-electron chi connectivity index (χ3n) is 7.57. The van der Waals surface area contributed by atoms with E-state index in [0.29, 0.717) is 65.4 Å². The minimum atomic E-state index is -0.324. The Morgan fingerprint density at radius 3 is 2.30 bits per heavy atom. The molecule has 0 bridgehead atoms. The number of thiocarbonyl (C=S) groups is 1. The predicted octanol–water partition coefficient (Wildman–Crippen LogP) is 5.69. The number of amides is 1. The van der Waals surface area contributed by atoms with Crippen molar-refractivity contribution in [3.8, 4) is 6.07 Å². The molecule has 1 amide bonds. The smallest absolute Gasteiger partial charge is 0.270 e. The van der Waals surface area contributed by atoms with Gasteiger partial charge in [-0.15, -0.1) is 0 Å². The topological polar surface area (TPSA) is 72.6 Å². The minimum absolute atomic E-state index is 0.0909. The number of piperazine rings is 1. The summed E-state index contributed by atoms with van der Waals surface area (Å²) in [4.78, 5) is 33.3. The molecule has 0 saturated carbocycles. The molecule has 0 radical (unpaired) electrons. The van der Waals surface area contributed by atoms with Crippen LogP contribution in [0.1, 0.15) is 62.6 Å². The predicted molar refractivity (Wildman–Crippen MR) is 165 cm³/mol. The number of aromatic nitrogens is 1. The van der Waals surface area contributed by atoms with E-state index < -0.39 is 0 Å². The second-order valence-corrected chi connectivity index (χ2v) is 11.8. The number of carbonyl (C=O) groups is 1. The first-order chi connectivity index (χ1) is 19.3. The van der Waals surface area contributed by atoms with E-state index in [4.69, 9.17) is 12.2 Å². The van der Waals surface area contributed by atoms with Crippen molar-refractivity contribution in [3.63, 3.8) is 0 Å². The molecule has 2 aliphatic rings. The number of nitriles is 1. The molecule has 0 unspecified atom stereocenters.